The topological polar surface area (TPSA) is 43.8 Å². The lowest BCUT2D eigenvalue weighted by molar-refractivity contribution is 0.197. The molecule has 0 unspecified atom stereocenters. The zero-order valence-corrected chi connectivity index (χ0v) is 9.58. The monoisotopic (exact) mass is 207 g/mol. The van der Waals surface area contributed by atoms with E-state index >= 15 is 0 Å². The molecule has 2 N–H and O–H groups in total. The fourth-order valence-electron chi connectivity index (χ4n) is 2.78. The Morgan fingerprint density at radius 3 is 2.73 bits per heavy atom. The van der Waals surface area contributed by atoms with Crippen molar-refractivity contribution in [2.24, 2.45) is 5.73 Å². The van der Waals surface area contributed by atoms with E-state index in [2.05, 4.69) is 22.7 Å². The number of hydrogen-bond donors (Lipinski definition) is 1. The zero-order chi connectivity index (χ0) is 10.7. The Morgan fingerprint density at radius 1 is 1.40 bits per heavy atom. The van der Waals surface area contributed by atoms with Crippen molar-refractivity contribution in [2.45, 2.75) is 51.0 Å². The van der Waals surface area contributed by atoms with Crippen LogP contribution in [0.1, 0.15) is 44.9 Å². The Hall–Kier alpha value is -0.830. The second-order valence-corrected chi connectivity index (χ2v) is 4.56. The van der Waals surface area contributed by atoms with Gasteiger partial charge >= 0.3 is 0 Å². The Bertz CT molecular complexity index is 310. The molecule has 0 amide bonds. The van der Waals surface area contributed by atoms with Gasteiger partial charge in [-0.3, -0.25) is 0 Å². The molecule has 0 radical (unpaired) electrons. The Morgan fingerprint density at radius 2 is 2.13 bits per heavy atom. The maximum absolute atomic E-state index is 6.00. The molecule has 15 heavy (non-hydrogen) atoms. The molecule has 84 valence electrons. The van der Waals surface area contributed by atoms with E-state index < -0.39 is 0 Å². The molecule has 0 aromatic carbocycles. The molecule has 1 fully saturated rings. The fraction of sp³-hybridized carbons (Fsp3) is 0.750. The molecule has 1 heterocycles. The summed E-state index contributed by atoms with van der Waals surface area (Å²) in [6.07, 6.45) is 11.4. The molecule has 1 aromatic rings. The minimum Gasteiger partial charge on any atom is -0.328 e. The first-order chi connectivity index (χ1) is 7.32. The molecule has 0 atom stereocenters. The largest absolute Gasteiger partial charge is 0.328 e. The third-order valence-electron chi connectivity index (χ3n) is 3.71. The van der Waals surface area contributed by atoms with E-state index in [-0.39, 0.29) is 5.54 Å². The molecule has 0 spiro atoms. The zero-order valence-electron chi connectivity index (χ0n) is 9.58. The number of hydrogen-bond acceptors (Lipinski definition) is 2. The Labute approximate surface area is 91.7 Å². The van der Waals surface area contributed by atoms with Crippen LogP contribution in [-0.2, 0) is 12.0 Å². The van der Waals surface area contributed by atoms with Gasteiger partial charge < -0.3 is 10.3 Å². The summed E-state index contributed by atoms with van der Waals surface area (Å²) in [5.74, 6) is 1.18. The van der Waals surface area contributed by atoms with E-state index in [1.165, 1.54) is 37.9 Å². The highest BCUT2D eigenvalue weighted by Crippen LogP contribution is 2.34. The van der Waals surface area contributed by atoms with E-state index in [0.717, 1.165) is 13.0 Å². The molecule has 1 aliphatic carbocycles. The molecule has 1 aromatic heterocycles. The predicted octanol–water partition coefficient (Wildman–Crippen LogP) is 2.06. The number of rotatable bonds is 3. The molecular formula is C12H21N3. The Kier molecular flexibility index (Phi) is 3.10. The summed E-state index contributed by atoms with van der Waals surface area (Å²) in [5, 5.41) is 0. The molecule has 0 aliphatic heterocycles. The first-order valence-corrected chi connectivity index (χ1v) is 6.05. The van der Waals surface area contributed by atoms with Gasteiger partial charge in [0, 0.05) is 25.4 Å². The van der Waals surface area contributed by atoms with Gasteiger partial charge in [-0.15, -0.1) is 0 Å². The first kappa shape index (κ1) is 10.7. The second-order valence-electron chi connectivity index (χ2n) is 4.56. The number of nitrogens with two attached hydrogens (primary N) is 1. The van der Waals surface area contributed by atoms with Crippen molar-refractivity contribution in [2.75, 3.05) is 6.54 Å². The van der Waals surface area contributed by atoms with Crippen LogP contribution >= 0.6 is 0 Å². The van der Waals surface area contributed by atoms with Crippen LogP contribution in [0.2, 0.25) is 0 Å². The van der Waals surface area contributed by atoms with E-state index in [0.29, 0.717) is 0 Å². The van der Waals surface area contributed by atoms with Gasteiger partial charge in [0.15, 0.2) is 0 Å². The van der Waals surface area contributed by atoms with Crippen molar-refractivity contribution in [3.05, 3.63) is 18.2 Å². The Balaban J connectivity index is 2.32. The SMILES string of the molecule is CCc1nccn1C1(CN)CCCCC1. The van der Waals surface area contributed by atoms with Gasteiger partial charge in [-0.25, -0.2) is 4.98 Å². The standard InChI is InChI=1S/C12H21N3/c1-2-11-14-8-9-15(11)12(10-13)6-4-3-5-7-12/h8-9H,2-7,10,13H2,1H3. The summed E-state index contributed by atoms with van der Waals surface area (Å²) in [6.45, 7) is 2.90. The van der Waals surface area contributed by atoms with Crippen LogP contribution in [-0.4, -0.2) is 16.1 Å². The van der Waals surface area contributed by atoms with Crippen LogP contribution in [0.5, 0.6) is 0 Å². The van der Waals surface area contributed by atoms with Crippen LogP contribution in [0.4, 0.5) is 0 Å². The van der Waals surface area contributed by atoms with Crippen LogP contribution in [0, 0.1) is 0 Å². The van der Waals surface area contributed by atoms with Crippen LogP contribution < -0.4 is 5.73 Å². The van der Waals surface area contributed by atoms with Gasteiger partial charge in [0.1, 0.15) is 5.82 Å². The highest BCUT2D eigenvalue weighted by Gasteiger charge is 2.33. The average molecular weight is 207 g/mol. The molecule has 0 saturated heterocycles. The third-order valence-corrected chi connectivity index (χ3v) is 3.71. The van der Waals surface area contributed by atoms with E-state index in [9.17, 15) is 0 Å². The minimum absolute atomic E-state index is 0.167. The quantitative estimate of drug-likeness (QED) is 0.824. The van der Waals surface area contributed by atoms with E-state index in [1.807, 2.05) is 6.20 Å². The minimum atomic E-state index is 0.167. The van der Waals surface area contributed by atoms with Gasteiger partial charge in [0.05, 0.1) is 5.54 Å². The van der Waals surface area contributed by atoms with Gasteiger partial charge in [0.25, 0.3) is 0 Å². The lowest BCUT2D eigenvalue weighted by Crippen LogP contribution is -2.43. The number of imidazole rings is 1. The summed E-state index contributed by atoms with van der Waals surface area (Å²) >= 11 is 0. The molecule has 1 aliphatic rings. The van der Waals surface area contributed by atoms with Gasteiger partial charge in [-0.2, -0.15) is 0 Å². The average Bonchev–Trinajstić information content (AvgIpc) is 2.78. The maximum Gasteiger partial charge on any atom is 0.108 e. The molecular weight excluding hydrogens is 186 g/mol. The van der Waals surface area contributed by atoms with Crippen LogP contribution in [0.15, 0.2) is 12.4 Å². The highest BCUT2D eigenvalue weighted by atomic mass is 15.1. The van der Waals surface area contributed by atoms with Crippen molar-refractivity contribution in [3.63, 3.8) is 0 Å². The van der Waals surface area contributed by atoms with E-state index in [1.54, 1.807) is 0 Å². The van der Waals surface area contributed by atoms with Crippen molar-refractivity contribution in [1.82, 2.24) is 9.55 Å². The normalized spacial score (nSPS) is 20.4. The van der Waals surface area contributed by atoms with Crippen molar-refractivity contribution >= 4 is 0 Å². The molecule has 0 bridgehead atoms. The van der Waals surface area contributed by atoms with Crippen molar-refractivity contribution in [1.29, 1.82) is 0 Å². The highest BCUT2D eigenvalue weighted by molar-refractivity contribution is 5.02. The summed E-state index contributed by atoms with van der Waals surface area (Å²) in [7, 11) is 0. The molecule has 3 heteroatoms. The summed E-state index contributed by atoms with van der Waals surface area (Å²) in [4.78, 5) is 4.41. The molecule has 1 saturated carbocycles. The number of nitrogens with zero attached hydrogens (tertiary/aromatic N) is 2. The summed E-state index contributed by atoms with van der Waals surface area (Å²) in [6, 6.07) is 0. The number of aromatic nitrogens is 2. The lowest BCUT2D eigenvalue weighted by Gasteiger charge is -2.38. The van der Waals surface area contributed by atoms with Crippen molar-refractivity contribution < 1.29 is 0 Å². The number of aryl methyl sites for hydroxylation is 1. The van der Waals surface area contributed by atoms with Crippen LogP contribution in [0.25, 0.3) is 0 Å². The van der Waals surface area contributed by atoms with Crippen molar-refractivity contribution in [3.8, 4) is 0 Å². The summed E-state index contributed by atoms with van der Waals surface area (Å²) < 4.78 is 2.34. The van der Waals surface area contributed by atoms with Gasteiger partial charge in [-0.05, 0) is 12.8 Å². The van der Waals surface area contributed by atoms with Gasteiger partial charge in [-0.1, -0.05) is 26.2 Å². The van der Waals surface area contributed by atoms with E-state index in [4.69, 9.17) is 5.73 Å². The van der Waals surface area contributed by atoms with Crippen LogP contribution in [0.3, 0.4) is 0 Å². The smallest absolute Gasteiger partial charge is 0.108 e. The second kappa shape index (κ2) is 4.35. The molecule has 3 nitrogen and oxygen atoms in total. The lowest BCUT2D eigenvalue weighted by atomic mass is 9.81. The fourth-order valence-corrected chi connectivity index (χ4v) is 2.78. The van der Waals surface area contributed by atoms with Gasteiger partial charge in [0.2, 0.25) is 0 Å². The first-order valence-electron chi connectivity index (χ1n) is 6.05. The molecule has 2 rings (SSSR count). The predicted molar refractivity (Wildman–Crippen MR) is 61.7 cm³/mol. The third kappa shape index (κ3) is 1.81. The summed E-state index contributed by atoms with van der Waals surface area (Å²) in [5.41, 5.74) is 6.17. The maximum atomic E-state index is 6.00.